The van der Waals surface area contributed by atoms with Crippen molar-refractivity contribution in [2.75, 3.05) is 20.2 Å². The summed E-state index contributed by atoms with van der Waals surface area (Å²) in [5.74, 6) is -1.29. The summed E-state index contributed by atoms with van der Waals surface area (Å²) in [4.78, 5) is 40.2. The summed E-state index contributed by atoms with van der Waals surface area (Å²) in [6.45, 7) is -0.468. The number of hydrogen-bond acceptors (Lipinski definition) is 5. The molecule has 0 aliphatic heterocycles. The van der Waals surface area contributed by atoms with E-state index in [1.165, 1.54) is 24.3 Å². The highest BCUT2D eigenvalue weighted by Gasteiger charge is 2.24. The Balaban J connectivity index is 1.76. The first kappa shape index (κ1) is 16.4. The van der Waals surface area contributed by atoms with Crippen molar-refractivity contribution in [3.05, 3.63) is 28.5 Å². The van der Waals surface area contributed by atoms with Crippen molar-refractivity contribution in [1.29, 1.82) is 0 Å². The topological polar surface area (TPSA) is 88.6 Å². The van der Waals surface area contributed by atoms with E-state index >= 15 is 0 Å². The van der Waals surface area contributed by atoms with Crippen LogP contribution in [0.2, 0.25) is 0 Å². The Morgan fingerprint density at radius 3 is 2.77 bits per heavy atom. The number of carbonyl (C=O) groups is 3. The highest BCUT2D eigenvalue weighted by Crippen LogP contribution is 2.18. The summed E-state index contributed by atoms with van der Waals surface area (Å²) in [5.41, 5.74) is 0.247. The standard InChI is InChI=1S/C14H16BrN3O4/c1-18(7-12(19)17-11-2-3-11)13(20)8-22-14(21)9-4-10(15)6-16-5-9/h4-6,11H,2-3,7-8H2,1H3,(H,17,19). The Morgan fingerprint density at radius 1 is 1.41 bits per heavy atom. The molecule has 0 bridgehead atoms. The maximum atomic E-state index is 11.8. The van der Waals surface area contributed by atoms with Crippen LogP contribution in [0.1, 0.15) is 23.2 Å². The van der Waals surface area contributed by atoms with Gasteiger partial charge < -0.3 is 15.0 Å². The normalized spacial score (nSPS) is 13.4. The smallest absolute Gasteiger partial charge is 0.340 e. The van der Waals surface area contributed by atoms with E-state index in [9.17, 15) is 14.4 Å². The largest absolute Gasteiger partial charge is 0.452 e. The van der Waals surface area contributed by atoms with E-state index in [-0.39, 0.29) is 24.1 Å². The molecule has 0 aromatic carbocycles. The zero-order valence-corrected chi connectivity index (χ0v) is 13.6. The lowest BCUT2D eigenvalue weighted by Gasteiger charge is -2.16. The van der Waals surface area contributed by atoms with E-state index in [4.69, 9.17) is 4.74 Å². The fourth-order valence-electron chi connectivity index (χ4n) is 1.65. The Labute approximate surface area is 136 Å². The molecule has 1 saturated carbocycles. The maximum absolute atomic E-state index is 11.8. The number of nitrogens with one attached hydrogen (secondary N) is 1. The molecule has 2 amide bonds. The third kappa shape index (κ3) is 5.10. The fourth-order valence-corrected chi connectivity index (χ4v) is 2.01. The molecule has 1 aliphatic rings. The summed E-state index contributed by atoms with van der Waals surface area (Å²) in [6, 6.07) is 1.80. The number of likely N-dealkylation sites (N-methyl/N-ethyl adjacent to an activating group) is 1. The molecule has 2 rings (SSSR count). The molecule has 8 heteroatoms. The quantitative estimate of drug-likeness (QED) is 0.747. The van der Waals surface area contributed by atoms with Gasteiger partial charge in [0.1, 0.15) is 0 Å². The zero-order valence-electron chi connectivity index (χ0n) is 12.0. The average molecular weight is 370 g/mol. The van der Waals surface area contributed by atoms with Gasteiger partial charge in [0.25, 0.3) is 5.91 Å². The van der Waals surface area contributed by atoms with E-state index in [0.717, 1.165) is 12.8 Å². The van der Waals surface area contributed by atoms with E-state index in [1.807, 2.05) is 0 Å². The Bertz CT molecular complexity index is 589. The van der Waals surface area contributed by atoms with Gasteiger partial charge in [-0.2, -0.15) is 0 Å². The predicted molar refractivity (Wildman–Crippen MR) is 81.0 cm³/mol. The van der Waals surface area contributed by atoms with Crippen molar-refractivity contribution in [3.8, 4) is 0 Å². The van der Waals surface area contributed by atoms with Crippen LogP contribution in [0.3, 0.4) is 0 Å². The predicted octanol–water partition coefficient (Wildman–Crippen LogP) is 0.738. The first-order chi connectivity index (χ1) is 10.5. The SMILES string of the molecule is CN(CC(=O)NC1CC1)C(=O)COC(=O)c1cncc(Br)c1. The zero-order chi connectivity index (χ0) is 16.1. The number of rotatable bonds is 6. The second-order valence-corrected chi connectivity index (χ2v) is 5.98. The third-order valence-corrected chi connectivity index (χ3v) is 3.45. The molecule has 0 atom stereocenters. The lowest BCUT2D eigenvalue weighted by Crippen LogP contribution is -2.40. The van der Waals surface area contributed by atoms with Crippen LogP contribution < -0.4 is 5.32 Å². The summed E-state index contributed by atoms with van der Waals surface area (Å²) >= 11 is 3.20. The molecule has 1 fully saturated rings. The molecule has 1 N–H and O–H groups in total. The number of hydrogen-bond donors (Lipinski definition) is 1. The van der Waals surface area contributed by atoms with Gasteiger partial charge in [-0.25, -0.2) is 4.79 Å². The molecular weight excluding hydrogens is 354 g/mol. The van der Waals surface area contributed by atoms with Gasteiger partial charge >= 0.3 is 5.97 Å². The van der Waals surface area contributed by atoms with Crippen molar-refractivity contribution in [1.82, 2.24) is 15.2 Å². The van der Waals surface area contributed by atoms with Gasteiger partial charge in [-0.3, -0.25) is 14.6 Å². The van der Waals surface area contributed by atoms with Crippen LogP contribution in [0, 0.1) is 0 Å². The van der Waals surface area contributed by atoms with Crippen LogP contribution in [-0.2, 0) is 14.3 Å². The summed E-state index contributed by atoms with van der Waals surface area (Å²) in [5, 5.41) is 2.78. The van der Waals surface area contributed by atoms with Crippen LogP contribution in [0.15, 0.2) is 22.9 Å². The number of ether oxygens (including phenoxy) is 1. The van der Waals surface area contributed by atoms with Gasteiger partial charge in [0.2, 0.25) is 5.91 Å². The number of carbonyl (C=O) groups excluding carboxylic acids is 3. The van der Waals surface area contributed by atoms with Gasteiger partial charge in [0, 0.05) is 30.0 Å². The Morgan fingerprint density at radius 2 is 2.14 bits per heavy atom. The summed E-state index contributed by atoms with van der Waals surface area (Å²) in [6.07, 6.45) is 4.86. The lowest BCUT2D eigenvalue weighted by atomic mass is 10.3. The highest BCUT2D eigenvalue weighted by molar-refractivity contribution is 9.10. The van der Waals surface area contributed by atoms with Crippen molar-refractivity contribution in [2.24, 2.45) is 0 Å². The maximum Gasteiger partial charge on any atom is 0.340 e. The second-order valence-electron chi connectivity index (χ2n) is 5.06. The molecule has 7 nitrogen and oxygen atoms in total. The highest BCUT2D eigenvalue weighted by atomic mass is 79.9. The molecule has 0 unspecified atom stereocenters. The molecular formula is C14H16BrN3O4. The van der Waals surface area contributed by atoms with Crippen molar-refractivity contribution >= 4 is 33.7 Å². The molecule has 1 aromatic rings. The molecule has 118 valence electrons. The minimum atomic E-state index is -0.641. The van der Waals surface area contributed by atoms with Crippen molar-refractivity contribution in [2.45, 2.75) is 18.9 Å². The van der Waals surface area contributed by atoms with Gasteiger partial charge in [-0.05, 0) is 34.8 Å². The molecule has 1 aromatic heterocycles. The number of halogens is 1. The second kappa shape index (κ2) is 7.35. The summed E-state index contributed by atoms with van der Waals surface area (Å²) in [7, 11) is 1.49. The Hall–Kier alpha value is -1.96. The molecule has 0 saturated heterocycles. The van der Waals surface area contributed by atoms with E-state index in [0.29, 0.717) is 4.47 Å². The number of amides is 2. The minimum Gasteiger partial charge on any atom is -0.452 e. The first-order valence-electron chi connectivity index (χ1n) is 6.76. The number of nitrogens with zero attached hydrogens (tertiary/aromatic N) is 2. The number of pyridine rings is 1. The van der Waals surface area contributed by atoms with Crippen LogP contribution in [-0.4, -0.2) is 53.9 Å². The average Bonchev–Trinajstić information content (AvgIpc) is 3.27. The lowest BCUT2D eigenvalue weighted by molar-refractivity contribution is -0.137. The van der Waals surface area contributed by atoms with Gasteiger partial charge in [0.05, 0.1) is 12.1 Å². The number of esters is 1. The van der Waals surface area contributed by atoms with E-state index in [2.05, 4.69) is 26.2 Å². The molecule has 0 spiro atoms. The van der Waals surface area contributed by atoms with E-state index in [1.54, 1.807) is 6.07 Å². The minimum absolute atomic E-state index is 0.0503. The van der Waals surface area contributed by atoms with Crippen LogP contribution in [0.25, 0.3) is 0 Å². The van der Waals surface area contributed by atoms with Gasteiger partial charge in [0.15, 0.2) is 6.61 Å². The van der Waals surface area contributed by atoms with Crippen molar-refractivity contribution in [3.63, 3.8) is 0 Å². The fraction of sp³-hybridized carbons (Fsp3) is 0.429. The van der Waals surface area contributed by atoms with Crippen LogP contribution in [0.4, 0.5) is 0 Å². The molecule has 1 heterocycles. The monoisotopic (exact) mass is 369 g/mol. The van der Waals surface area contributed by atoms with E-state index < -0.39 is 18.5 Å². The summed E-state index contributed by atoms with van der Waals surface area (Å²) < 4.78 is 5.56. The van der Waals surface area contributed by atoms with Gasteiger partial charge in [-0.15, -0.1) is 0 Å². The first-order valence-corrected chi connectivity index (χ1v) is 7.56. The molecule has 22 heavy (non-hydrogen) atoms. The van der Waals surface area contributed by atoms with Crippen molar-refractivity contribution < 1.29 is 19.1 Å². The van der Waals surface area contributed by atoms with Gasteiger partial charge in [-0.1, -0.05) is 0 Å². The molecule has 0 radical (unpaired) electrons. The van der Waals surface area contributed by atoms with Crippen LogP contribution >= 0.6 is 15.9 Å². The molecule has 1 aliphatic carbocycles. The Kier molecular flexibility index (Phi) is 5.48. The number of aromatic nitrogens is 1. The van der Waals surface area contributed by atoms with Crippen LogP contribution in [0.5, 0.6) is 0 Å². The third-order valence-electron chi connectivity index (χ3n) is 3.02.